The first-order valence-electron chi connectivity index (χ1n) is 7.94. The Labute approximate surface area is 147 Å². The minimum atomic E-state index is -1.13. The summed E-state index contributed by atoms with van der Waals surface area (Å²) in [6.45, 7) is 1.43. The Morgan fingerprint density at radius 2 is 1.88 bits per heavy atom. The molecule has 1 heterocycles. The maximum absolute atomic E-state index is 13.5. The van der Waals surface area contributed by atoms with E-state index < -0.39 is 35.7 Å². The summed E-state index contributed by atoms with van der Waals surface area (Å²) >= 11 is 0. The fourth-order valence-corrected chi connectivity index (χ4v) is 2.20. The van der Waals surface area contributed by atoms with E-state index in [1.807, 2.05) is 0 Å². The molecule has 0 atom stereocenters. The average molecular weight is 369 g/mol. The summed E-state index contributed by atoms with van der Waals surface area (Å²) in [5, 5.41) is 6.42. The van der Waals surface area contributed by atoms with Gasteiger partial charge in [0.2, 0.25) is 0 Å². The maximum atomic E-state index is 13.5. The molecular weight excluding hydrogens is 351 g/mol. The van der Waals surface area contributed by atoms with E-state index >= 15 is 0 Å². The van der Waals surface area contributed by atoms with Gasteiger partial charge in [-0.3, -0.25) is 10.00 Å². The zero-order chi connectivity index (χ0) is 19.1. The van der Waals surface area contributed by atoms with Gasteiger partial charge in [-0.2, -0.15) is 5.10 Å². The van der Waals surface area contributed by atoms with Gasteiger partial charge in [0.15, 0.2) is 0 Å². The third-order valence-corrected chi connectivity index (χ3v) is 3.50. The van der Waals surface area contributed by atoms with Crippen LogP contribution in [0, 0.1) is 17.5 Å². The van der Waals surface area contributed by atoms with Crippen molar-refractivity contribution < 1.29 is 27.5 Å². The van der Waals surface area contributed by atoms with Crippen LogP contribution in [-0.2, 0) is 22.7 Å². The van der Waals surface area contributed by atoms with Crippen LogP contribution in [0.15, 0.2) is 24.5 Å². The summed E-state index contributed by atoms with van der Waals surface area (Å²) in [4.78, 5) is 22.5. The van der Waals surface area contributed by atoms with Gasteiger partial charge in [-0.1, -0.05) is 0 Å². The largest absolute Gasteiger partial charge is 0.444 e. The number of nitrogens with zero attached hydrogens (tertiary/aromatic N) is 2. The number of hydrogen-bond acceptors (Lipinski definition) is 4. The number of benzene rings is 1. The summed E-state index contributed by atoms with van der Waals surface area (Å²) in [7, 11) is 0. The number of Topliss-reactive ketones (excluding diaryl/α,β-unsaturated/α-hetero) is 1. The lowest BCUT2D eigenvalue weighted by Gasteiger charge is -2.07. The number of halogens is 3. The Hall–Kier alpha value is -2.84. The van der Waals surface area contributed by atoms with Crippen LogP contribution in [0.3, 0.4) is 0 Å². The molecule has 1 amide bonds. The second kappa shape index (κ2) is 9.02. The van der Waals surface area contributed by atoms with Crippen LogP contribution in [0.5, 0.6) is 0 Å². The van der Waals surface area contributed by atoms with Crippen molar-refractivity contribution in [3.05, 3.63) is 47.5 Å². The molecule has 0 bridgehead atoms. The summed E-state index contributed by atoms with van der Waals surface area (Å²) in [5.74, 6) is -3.18. The molecule has 26 heavy (non-hydrogen) atoms. The van der Waals surface area contributed by atoms with Gasteiger partial charge in [-0.15, -0.1) is 0 Å². The summed E-state index contributed by atoms with van der Waals surface area (Å²) in [6, 6.07) is 1.02. The number of hydrogen-bond donors (Lipinski definition) is 1. The van der Waals surface area contributed by atoms with Crippen LogP contribution in [0.1, 0.15) is 31.7 Å². The first-order chi connectivity index (χ1) is 12.3. The minimum absolute atomic E-state index is 0.129. The number of ketones is 1. The molecule has 2 aromatic rings. The van der Waals surface area contributed by atoms with Crippen molar-refractivity contribution in [2.45, 2.75) is 39.3 Å². The number of aromatic nitrogens is 2. The van der Waals surface area contributed by atoms with Crippen LogP contribution in [-0.4, -0.2) is 21.7 Å². The lowest BCUT2D eigenvalue weighted by Crippen LogP contribution is -2.14. The van der Waals surface area contributed by atoms with Gasteiger partial charge in [-0.25, -0.2) is 18.0 Å². The lowest BCUT2D eigenvalue weighted by molar-refractivity contribution is -0.117. The zero-order valence-electron chi connectivity index (χ0n) is 14.1. The zero-order valence-corrected chi connectivity index (χ0v) is 14.1. The van der Waals surface area contributed by atoms with Crippen molar-refractivity contribution in [2.24, 2.45) is 0 Å². The van der Waals surface area contributed by atoms with Gasteiger partial charge in [0, 0.05) is 31.3 Å². The maximum Gasteiger partial charge on any atom is 0.412 e. The highest BCUT2D eigenvalue weighted by atomic mass is 19.1. The molecule has 0 fully saturated rings. The van der Waals surface area contributed by atoms with Crippen LogP contribution < -0.4 is 5.32 Å². The highest BCUT2D eigenvalue weighted by Crippen LogP contribution is 2.16. The van der Waals surface area contributed by atoms with E-state index in [-0.39, 0.29) is 5.78 Å². The van der Waals surface area contributed by atoms with Gasteiger partial charge >= 0.3 is 6.09 Å². The summed E-state index contributed by atoms with van der Waals surface area (Å²) in [6.07, 6.45) is 4.04. The van der Waals surface area contributed by atoms with Gasteiger partial charge in [0.25, 0.3) is 0 Å². The monoisotopic (exact) mass is 369 g/mol. The second-order valence-corrected chi connectivity index (χ2v) is 5.70. The Morgan fingerprint density at radius 1 is 1.19 bits per heavy atom. The molecule has 2 rings (SSSR count). The van der Waals surface area contributed by atoms with E-state index in [2.05, 4.69) is 10.4 Å². The van der Waals surface area contributed by atoms with Gasteiger partial charge in [-0.05, 0) is 19.8 Å². The molecule has 6 nitrogen and oxygen atoms in total. The van der Waals surface area contributed by atoms with Crippen LogP contribution >= 0.6 is 0 Å². The highest BCUT2D eigenvalue weighted by Gasteiger charge is 2.14. The number of carbonyl (C=O) groups is 2. The first-order valence-corrected chi connectivity index (χ1v) is 7.94. The number of anilines is 1. The molecule has 0 aliphatic rings. The Morgan fingerprint density at radius 3 is 2.54 bits per heavy atom. The smallest absolute Gasteiger partial charge is 0.412 e. The molecule has 0 radical (unpaired) electrons. The quantitative estimate of drug-likeness (QED) is 0.718. The van der Waals surface area contributed by atoms with E-state index in [0.29, 0.717) is 30.8 Å². The number of nitrogens with one attached hydrogen (secondary N) is 1. The molecule has 1 aromatic heterocycles. The SMILES string of the molecule is CC(=O)CCCCn1cc(NC(=O)OCc2c(F)cc(F)cc2F)cn1. The van der Waals surface area contributed by atoms with Crippen molar-refractivity contribution in [3.63, 3.8) is 0 Å². The predicted molar refractivity (Wildman–Crippen MR) is 86.9 cm³/mol. The molecule has 0 aliphatic carbocycles. The van der Waals surface area contributed by atoms with E-state index in [1.54, 1.807) is 10.9 Å². The molecule has 0 spiro atoms. The van der Waals surface area contributed by atoms with Crippen LogP contribution in [0.2, 0.25) is 0 Å². The fraction of sp³-hybridized carbons (Fsp3) is 0.353. The molecule has 1 aromatic carbocycles. The average Bonchev–Trinajstić information content (AvgIpc) is 2.97. The number of amides is 1. The van der Waals surface area contributed by atoms with Crippen molar-refractivity contribution in [3.8, 4) is 0 Å². The van der Waals surface area contributed by atoms with Crippen molar-refractivity contribution >= 4 is 17.6 Å². The van der Waals surface area contributed by atoms with Crippen molar-refractivity contribution in [1.29, 1.82) is 0 Å². The lowest BCUT2D eigenvalue weighted by atomic mass is 10.2. The molecular formula is C17H18F3N3O3. The van der Waals surface area contributed by atoms with E-state index in [0.717, 1.165) is 12.8 Å². The second-order valence-electron chi connectivity index (χ2n) is 5.70. The molecule has 9 heteroatoms. The third kappa shape index (κ3) is 5.91. The van der Waals surface area contributed by atoms with E-state index in [1.165, 1.54) is 13.1 Å². The van der Waals surface area contributed by atoms with E-state index in [4.69, 9.17) is 4.74 Å². The van der Waals surface area contributed by atoms with Gasteiger partial charge in [0.05, 0.1) is 17.4 Å². The Kier molecular flexibility index (Phi) is 6.76. The predicted octanol–water partition coefficient (Wildman–Crippen LogP) is 3.81. The summed E-state index contributed by atoms with van der Waals surface area (Å²) in [5.41, 5.74) is -0.190. The van der Waals surface area contributed by atoms with Gasteiger partial charge < -0.3 is 9.53 Å². The topological polar surface area (TPSA) is 73.2 Å². The fourth-order valence-electron chi connectivity index (χ4n) is 2.20. The van der Waals surface area contributed by atoms with E-state index in [9.17, 15) is 22.8 Å². The minimum Gasteiger partial charge on any atom is -0.444 e. The number of unbranched alkanes of at least 4 members (excludes halogenated alkanes) is 1. The standard InChI is InChI=1S/C17H18F3N3O3/c1-11(24)4-2-3-5-23-9-13(8-21-23)22-17(25)26-10-14-15(19)6-12(18)7-16(14)20/h6-9H,2-5,10H2,1H3,(H,22,25). The van der Waals surface area contributed by atoms with Crippen LogP contribution in [0.4, 0.5) is 23.7 Å². The van der Waals surface area contributed by atoms with Crippen molar-refractivity contribution in [2.75, 3.05) is 5.32 Å². The van der Waals surface area contributed by atoms with Gasteiger partial charge in [0.1, 0.15) is 29.8 Å². The number of ether oxygens (including phenoxy) is 1. The number of rotatable bonds is 8. The molecule has 140 valence electrons. The highest BCUT2D eigenvalue weighted by molar-refractivity contribution is 5.84. The third-order valence-electron chi connectivity index (χ3n) is 3.50. The molecule has 1 N–H and O–H groups in total. The normalized spacial score (nSPS) is 10.6. The molecule has 0 saturated heterocycles. The molecule has 0 aliphatic heterocycles. The first kappa shape index (κ1) is 19.5. The summed E-state index contributed by atoms with van der Waals surface area (Å²) < 4.78 is 46.1. The van der Waals surface area contributed by atoms with Crippen LogP contribution in [0.25, 0.3) is 0 Å². The Balaban J connectivity index is 1.80. The van der Waals surface area contributed by atoms with Crippen molar-refractivity contribution in [1.82, 2.24) is 9.78 Å². The molecule has 0 saturated carbocycles. The molecule has 0 unspecified atom stereocenters. The number of aryl methyl sites for hydroxylation is 1. The Bertz CT molecular complexity index is 770. The number of carbonyl (C=O) groups excluding carboxylic acids is 2.